The van der Waals surface area contributed by atoms with Crippen molar-refractivity contribution in [2.75, 3.05) is 0 Å². The SMILES string of the molecule is c1ccc(-c2ccc(-c3nc(-c4cccc(-c5ccccc5)c4)nc(-c4cccc5oc6ccc(-c7ccc8c(c7)C(c7ccccc7)(c7ccccc7)c7ccccc7-8)cc6c45)n3)cc2)cc1. The van der Waals surface area contributed by atoms with E-state index in [4.69, 9.17) is 19.4 Å². The summed E-state index contributed by atoms with van der Waals surface area (Å²) in [4.78, 5) is 15.7. The number of hydrogen-bond acceptors (Lipinski definition) is 4. The first-order valence-electron chi connectivity index (χ1n) is 23.1. The molecule has 68 heavy (non-hydrogen) atoms. The average molecular weight is 868 g/mol. The first kappa shape index (κ1) is 39.4. The van der Waals surface area contributed by atoms with E-state index in [0.29, 0.717) is 17.5 Å². The van der Waals surface area contributed by atoms with Gasteiger partial charge in [0.25, 0.3) is 0 Å². The summed E-state index contributed by atoms with van der Waals surface area (Å²) in [5.74, 6) is 1.77. The van der Waals surface area contributed by atoms with Crippen LogP contribution in [0.25, 0.3) is 101 Å². The van der Waals surface area contributed by atoms with Gasteiger partial charge in [0, 0.05) is 27.5 Å². The molecule has 1 aliphatic rings. The third-order valence-corrected chi connectivity index (χ3v) is 13.6. The lowest BCUT2D eigenvalue weighted by atomic mass is 9.67. The third kappa shape index (κ3) is 6.49. The summed E-state index contributed by atoms with van der Waals surface area (Å²) in [7, 11) is 0. The standard InChI is InChI=1S/C64H41N3O/c1-5-17-42(18-6-1)44-31-33-45(34-32-44)61-65-62(49-22-15-21-46(39-49)43-19-7-2-8-20-43)67-63(66-61)54-28-16-30-59-60(54)55-40-47(36-38-58(55)68-59)48-35-37-53-52-27-13-14-29-56(52)64(57(53)41-48,50-23-9-3-10-24-50)51-25-11-4-12-26-51/h1-41H. The summed E-state index contributed by atoms with van der Waals surface area (Å²) in [6, 6.07) is 88.3. The Balaban J connectivity index is 0.980. The summed E-state index contributed by atoms with van der Waals surface area (Å²) < 4.78 is 6.65. The minimum atomic E-state index is -0.499. The van der Waals surface area contributed by atoms with Gasteiger partial charge in [-0.05, 0) is 97.1 Å². The summed E-state index contributed by atoms with van der Waals surface area (Å²) in [6.45, 7) is 0. The maximum Gasteiger partial charge on any atom is 0.164 e. The van der Waals surface area contributed by atoms with Gasteiger partial charge in [-0.25, -0.2) is 15.0 Å². The quantitative estimate of drug-likeness (QED) is 0.153. The van der Waals surface area contributed by atoms with Crippen molar-refractivity contribution in [1.29, 1.82) is 0 Å². The van der Waals surface area contributed by atoms with Gasteiger partial charge in [0.05, 0.1) is 5.41 Å². The van der Waals surface area contributed by atoms with Crippen molar-refractivity contribution < 1.29 is 4.42 Å². The van der Waals surface area contributed by atoms with Crippen molar-refractivity contribution in [3.8, 4) is 78.7 Å². The van der Waals surface area contributed by atoms with Crippen molar-refractivity contribution in [2.45, 2.75) is 5.41 Å². The Hall–Kier alpha value is -8.99. The summed E-state index contributed by atoms with van der Waals surface area (Å²) >= 11 is 0. The number of fused-ring (bicyclic) bond motifs is 6. The highest BCUT2D eigenvalue weighted by atomic mass is 16.3. The molecule has 0 aliphatic heterocycles. The van der Waals surface area contributed by atoms with Crippen LogP contribution in [0.2, 0.25) is 0 Å². The van der Waals surface area contributed by atoms with Crippen LogP contribution in [0.1, 0.15) is 22.3 Å². The molecule has 0 N–H and O–H groups in total. The van der Waals surface area contributed by atoms with Crippen LogP contribution < -0.4 is 0 Å². The first-order valence-corrected chi connectivity index (χ1v) is 23.1. The van der Waals surface area contributed by atoms with E-state index < -0.39 is 5.41 Å². The molecule has 0 bridgehead atoms. The molecule has 0 fully saturated rings. The second-order valence-corrected chi connectivity index (χ2v) is 17.5. The monoisotopic (exact) mass is 867 g/mol. The second kappa shape index (κ2) is 16.2. The molecule has 0 spiro atoms. The molecular formula is C64H41N3O. The van der Waals surface area contributed by atoms with Crippen molar-refractivity contribution in [1.82, 2.24) is 15.0 Å². The topological polar surface area (TPSA) is 51.8 Å². The second-order valence-electron chi connectivity index (χ2n) is 17.5. The van der Waals surface area contributed by atoms with Gasteiger partial charge in [-0.3, -0.25) is 0 Å². The fourth-order valence-electron chi connectivity index (χ4n) is 10.5. The molecule has 4 nitrogen and oxygen atoms in total. The molecule has 0 atom stereocenters. The fourth-order valence-corrected chi connectivity index (χ4v) is 10.5. The number of furan rings is 1. The van der Waals surface area contributed by atoms with E-state index in [0.717, 1.165) is 72.0 Å². The fraction of sp³-hybridized carbons (Fsp3) is 0.0156. The van der Waals surface area contributed by atoms with E-state index in [1.54, 1.807) is 0 Å². The normalized spacial score (nSPS) is 12.5. The van der Waals surface area contributed by atoms with Gasteiger partial charge in [-0.1, -0.05) is 218 Å². The van der Waals surface area contributed by atoms with Gasteiger partial charge >= 0.3 is 0 Å². The highest BCUT2D eigenvalue weighted by Crippen LogP contribution is 2.57. The van der Waals surface area contributed by atoms with Crippen LogP contribution >= 0.6 is 0 Å². The molecule has 0 saturated heterocycles. The predicted molar refractivity (Wildman–Crippen MR) is 277 cm³/mol. The Kier molecular flexibility index (Phi) is 9.36. The largest absolute Gasteiger partial charge is 0.456 e. The first-order chi connectivity index (χ1) is 33.7. The van der Waals surface area contributed by atoms with E-state index in [2.05, 4.69) is 224 Å². The van der Waals surface area contributed by atoms with Gasteiger partial charge in [0.15, 0.2) is 17.5 Å². The number of benzene rings is 10. The summed E-state index contributed by atoms with van der Waals surface area (Å²) in [5, 5.41) is 1.96. The van der Waals surface area contributed by atoms with Gasteiger partial charge in [0.1, 0.15) is 11.2 Å². The molecular weight excluding hydrogens is 827 g/mol. The lowest BCUT2D eigenvalue weighted by Crippen LogP contribution is -2.28. The van der Waals surface area contributed by atoms with Crippen molar-refractivity contribution in [3.05, 3.63) is 271 Å². The van der Waals surface area contributed by atoms with Crippen LogP contribution in [0.4, 0.5) is 0 Å². The van der Waals surface area contributed by atoms with Crippen LogP contribution in [0, 0.1) is 0 Å². The molecule has 1 aliphatic carbocycles. The number of rotatable bonds is 8. The van der Waals surface area contributed by atoms with E-state index in [1.165, 1.54) is 33.4 Å². The van der Waals surface area contributed by atoms with Crippen LogP contribution in [0.15, 0.2) is 253 Å². The van der Waals surface area contributed by atoms with Crippen molar-refractivity contribution in [3.63, 3.8) is 0 Å². The van der Waals surface area contributed by atoms with Crippen molar-refractivity contribution >= 4 is 21.9 Å². The lowest BCUT2D eigenvalue weighted by molar-refractivity contribution is 0.669. The minimum absolute atomic E-state index is 0.499. The summed E-state index contributed by atoms with van der Waals surface area (Å²) in [6.07, 6.45) is 0. The molecule has 318 valence electrons. The molecule has 0 amide bonds. The van der Waals surface area contributed by atoms with Gasteiger partial charge in [-0.2, -0.15) is 0 Å². The molecule has 0 unspecified atom stereocenters. The maximum atomic E-state index is 6.65. The molecule has 2 aromatic heterocycles. The maximum absolute atomic E-state index is 6.65. The Morgan fingerprint density at radius 1 is 0.279 bits per heavy atom. The summed E-state index contributed by atoms with van der Waals surface area (Å²) in [5.41, 5.74) is 18.0. The van der Waals surface area contributed by atoms with Crippen LogP contribution in [-0.4, -0.2) is 15.0 Å². The molecule has 0 saturated carbocycles. The number of hydrogen-bond donors (Lipinski definition) is 0. The molecule has 13 rings (SSSR count). The third-order valence-electron chi connectivity index (χ3n) is 13.6. The molecule has 2 heterocycles. The Morgan fingerprint density at radius 3 is 1.47 bits per heavy atom. The van der Waals surface area contributed by atoms with E-state index in [-0.39, 0.29) is 0 Å². The highest BCUT2D eigenvalue weighted by Gasteiger charge is 2.46. The smallest absolute Gasteiger partial charge is 0.164 e. The lowest BCUT2D eigenvalue weighted by Gasteiger charge is -2.34. The highest BCUT2D eigenvalue weighted by molar-refractivity contribution is 6.13. The van der Waals surface area contributed by atoms with Gasteiger partial charge in [0.2, 0.25) is 0 Å². The Morgan fingerprint density at radius 2 is 0.750 bits per heavy atom. The minimum Gasteiger partial charge on any atom is -0.456 e. The van der Waals surface area contributed by atoms with E-state index in [1.807, 2.05) is 24.3 Å². The van der Waals surface area contributed by atoms with E-state index in [9.17, 15) is 0 Å². The van der Waals surface area contributed by atoms with Gasteiger partial charge in [-0.15, -0.1) is 0 Å². The zero-order valence-electron chi connectivity index (χ0n) is 36.9. The van der Waals surface area contributed by atoms with Crippen molar-refractivity contribution in [2.24, 2.45) is 0 Å². The molecule has 4 heteroatoms. The molecule has 0 radical (unpaired) electrons. The average Bonchev–Trinajstić information content (AvgIpc) is 3.95. The Labute approximate surface area is 394 Å². The zero-order valence-corrected chi connectivity index (χ0v) is 36.9. The van der Waals surface area contributed by atoms with Gasteiger partial charge < -0.3 is 4.42 Å². The molecule has 10 aromatic carbocycles. The van der Waals surface area contributed by atoms with Crippen LogP contribution in [-0.2, 0) is 5.41 Å². The van der Waals surface area contributed by atoms with Crippen LogP contribution in [0.5, 0.6) is 0 Å². The molecule has 12 aromatic rings. The predicted octanol–water partition coefficient (Wildman–Crippen LogP) is 16.1. The Bertz CT molecular complexity index is 3790. The number of nitrogens with zero attached hydrogens (tertiary/aromatic N) is 3. The van der Waals surface area contributed by atoms with E-state index >= 15 is 0 Å². The van der Waals surface area contributed by atoms with Crippen LogP contribution in [0.3, 0.4) is 0 Å². The number of aromatic nitrogens is 3. The zero-order chi connectivity index (χ0) is 45.0.